The van der Waals surface area contributed by atoms with Gasteiger partial charge in [-0.1, -0.05) is 30.3 Å². The highest BCUT2D eigenvalue weighted by Crippen LogP contribution is 2.23. The van der Waals surface area contributed by atoms with Gasteiger partial charge in [-0.2, -0.15) is 5.10 Å². The molecule has 17 heavy (non-hydrogen) atoms. The van der Waals surface area contributed by atoms with E-state index in [1.165, 1.54) is 29.7 Å². The number of rotatable bonds is 3. The van der Waals surface area contributed by atoms with Crippen molar-refractivity contribution in [2.45, 2.75) is 25.3 Å². The Morgan fingerprint density at radius 2 is 2.12 bits per heavy atom. The number of aromatic nitrogens is 2. The number of hydrogen-bond donors (Lipinski definition) is 2. The molecule has 3 rings (SSSR count). The van der Waals surface area contributed by atoms with Crippen LogP contribution in [0.4, 0.5) is 0 Å². The molecule has 1 fully saturated rings. The van der Waals surface area contributed by atoms with Crippen molar-refractivity contribution >= 4 is 0 Å². The van der Waals surface area contributed by atoms with Gasteiger partial charge in [-0.25, -0.2) is 0 Å². The van der Waals surface area contributed by atoms with Gasteiger partial charge < -0.3 is 5.32 Å². The van der Waals surface area contributed by atoms with Crippen LogP contribution in [0.2, 0.25) is 0 Å². The molecule has 1 atom stereocenters. The Bertz CT molecular complexity index is 469. The molecule has 88 valence electrons. The summed E-state index contributed by atoms with van der Waals surface area (Å²) in [5, 5.41) is 10.8. The summed E-state index contributed by atoms with van der Waals surface area (Å²) >= 11 is 0. The topological polar surface area (TPSA) is 40.7 Å². The van der Waals surface area contributed by atoms with E-state index in [4.69, 9.17) is 0 Å². The summed E-state index contributed by atoms with van der Waals surface area (Å²) in [4.78, 5) is 0. The molecule has 2 aromatic rings. The first-order valence-electron chi connectivity index (χ1n) is 6.24. The van der Waals surface area contributed by atoms with E-state index in [2.05, 4.69) is 39.8 Å². The Hall–Kier alpha value is -1.61. The molecule has 0 amide bonds. The lowest BCUT2D eigenvalue weighted by molar-refractivity contribution is 0.604. The molecule has 3 nitrogen and oxygen atoms in total. The maximum absolute atomic E-state index is 4.19. The number of H-pyrrole nitrogens is 1. The van der Waals surface area contributed by atoms with Crippen LogP contribution in [0.15, 0.2) is 36.5 Å². The fourth-order valence-electron chi connectivity index (χ4n) is 2.52. The molecule has 1 aliphatic heterocycles. The number of hydrogen-bond acceptors (Lipinski definition) is 2. The fraction of sp³-hybridized carbons (Fsp3) is 0.357. The molecule has 2 heterocycles. The van der Waals surface area contributed by atoms with Crippen molar-refractivity contribution in [1.29, 1.82) is 0 Å². The summed E-state index contributed by atoms with van der Waals surface area (Å²) in [6.07, 6.45) is 5.60. The van der Waals surface area contributed by atoms with Crippen LogP contribution in [-0.2, 0) is 6.42 Å². The van der Waals surface area contributed by atoms with Gasteiger partial charge in [0.25, 0.3) is 0 Å². The first kappa shape index (κ1) is 10.5. The first-order valence-corrected chi connectivity index (χ1v) is 6.24. The predicted octanol–water partition coefficient (Wildman–Crippen LogP) is 2.37. The second-order valence-corrected chi connectivity index (χ2v) is 4.63. The van der Waals surface area contributed by atoms with Crippen molar-refractivity contribution in [3.63, 3.8) is 0 Å². The minimum atomic E-state index is 0.620. The van der Waals surface area contributed by atoms with E-state index in [1.54, 1.807) is 0 Å². The SMILES string of the molecule is c1ccc(-c2[nH]ncc2CC2CCCN2)cc1. The highest BCUT2D eigenvalue weighted by molar-refractivity contribution is 5.62. The highest BCUT2D eigenvalue weighted by atomic mass is 15.1. The minimum absolute atomic E-state index is 0.620. The Labute approximate surface area is 101 Å². The van der Waals surface area contributed by atoms with Gasteiger partial charge in [0.1, 0.15) is 0 Å². The normalized spacial score (nSPS) is 19.6. The van der Waals surface area contributed by atoms with E-state index in [-0.39, 0.29) is 0 Å². The van der Waals surface area contributed by atoms with E-state index >= 15 is 0 Å². The largest absolute Gasteiger partial charge is 0.314 e. The zero-order valence-electron chi connectivity index (χ0n) is 9.82. The molecular weight excluding hydrogens is 210 g/mol. The molecular formula is C14H17N3. The van der Waals surface area contributed by atoms with Crippen molar-refractivity contribution in [1.82, 2.24) is 15.5 Å². The number of nitrogens with one attached hydrogen (secondary N) is 2. The van der Waals surface area contributed by atoms with Crippen LogP contribution in [0.3, 0.4) is 0 Å². The summed E-state index contributed by atoms with van der Waals surface area (Å²) in [6, 6.07) is 11.0. The number of aromatic amines is 1. The van der Waals surface area contributed by atoms with E-state index in [0.717, 1.165) is 13.0 Å². The molecule has 0 spiro atoms. The average molecular weight is 227 g/mol. The summed E-state index contributed by atoms with van der Waals surface area (Å²) < 4.78 is 0. The maximum atomic E-state index is 4.19. The van der Waals surface area contributed by atoms with Gasteiger partial charge in [0.05, 0.1) is 11.9 Å². The Balaban J connectivity index is 1.84. The summed E-state index contributed by atoms with van der Waals surface area (Å²) in [6.45, 7) is 1.16. The van der Waals surface area contributed by atoms with Crippen LogP contribution in [0.5, 0.6) is 0 Å². The third-order valence-corrected chi connectivity index (χ3v) is 3.41. The van der Waals surface area contributed by atoms with Gasteiger partial charge in [-0.05, 0) is 36.9 Å². The molecule has 2 N–H and O–H groups in total. The second kappa shape index (κ2) is 4.72. The van der Waals surface area contributed by atoms with Gasteiger partial charge in [0, 0.05) is 6.04 Å². The van der Waals surface area contributed by atoms with Crippen molar-refractivity contribution in [2.24, 2.45) is 0 Å². The quantitative estimate of drug-likeness (QED) is 0.845. The van der Waals surface area contributed by atoms with E-state index < -0.39 is 0 Å². The third kappa shape index (κ3) is 2.24. The molecule has 0 aliphatic carbocycles. The molecule has 3 heteroatoms. The van der Waals surface area contributed by atoms with Gasteiger partial charge in [0.2, 0.25) is 0 Å². The minimum Gasteiger partial charge on any atom is -0.314 e. The molecule has 1 aromatic heterocycles. The highest BCUT2D eigenvalue weighted by Gasteiger charge is 2.17. The number of benzene rings is 1. The lowest BCUT2D eigenvalue weighted by Crippen LogP contribution is -2.23. The maximum Gasteiger partial charge on any atom is 0.0682 e. The van der Waals surface area contributed by atoms with Crippen LogP contribution < -0.4 is 5.32 Å². The van der Waals surface area contributed by atoms with E-state index in [0.29, 0.717) is 6.04 Å². The van der Waals surface area contributed by atoms with Gasteiger partial charge in [0.15, 0.2) is 0 Å². The fourth-order valence-corrected chi connectivity index (χ4v) is 2.52. The van der Waals surface area contributed by atoms with Crippen LogP contribution in [0.1, 0.15) is 18.4 Å². The van der Waals surface area contributed by atoms with Gasteiger partial charge in [-0.3, -0.25) is 5.10 Å². The van der Waals surface area contributed by atoms with Crippen LogP contribution >= 0.6 is 0 Å². The predicted molar refractivity (Wildman–Crippen MR) is 68.8 cm³/mol. The zero-order chi connectivity index (χ0) is 11.5. The van der Waals surface area contributed by atoms with Crippen molar-refractivity contribution in [2.75, 3.05) is 6.54 Å². The summed E-state index contributed by atoms with van der Waals surface area (Å²) in [7, 11) is 0. The second-order valence-electron chi connectivity index (χ2n) is 4.63. The Kier molecular flexibility index (Phi) is 2.92. The third-order valence-electron chi connectivity index (χ3n) is 3.41. The summed E-state index contributed by atoms with van der Waals surface area (Å²) in [5.74, 6) is 0. The lowest BCUT2D eigenvalue weighted by atomic mass is 10.0. The van der Waals surface area contributed by atoms with E-state index in [9.17, 15) is 0 Å². The van der Waals surface area contributed by atoms with Crippen LogP contribution in [-0.4, -0.2) is 22.8 Å². The molecule has 1 aromatic carbocycles. The Morgan fingerprint density at radius 1 is 1.24 bits per heavy atom. The molecule has 0 radical (unpaired) electrons. The standard InChI is InChI=1S/C14H17N3/c1-2-5-11(6-3-1)14-12(10-16-17-14)9-13-7-4-8-15-13/h1-3,5-6,10,13,15H,4,7-9H2,(H,16,17). The van der Waals surface area contributed by atoms with Crippen molar-refractivity contribution in [3.8, 4) is 11.3 Å². The van der Waals surface area contributed by atoms with Gasteiger partial charge in [-0.15, -0.1) is 0 Å². The smallest absolute Gasteiger partial charge is 0.0682 e. The van der Waals surface area contributed by atoms with Crippen molar-refractivity contribution < 1.29 is 0 Å². The van der Waals surface area contributed by atoms with Crippen molar-refractivity contribution in [3.05, 3.63) is 42.1 Å². The average Bonchev–Trinajstić information content (AvgIpc) is 3.02. The monoisotopic (exact) mass is 227 g/mol. The number of nitrogens with zero attached hydrogens (tertiary/aromatic N) is 1. The van der Waals surface area contributed by atoms with Crippen LogP contribution in [0.25, 0.3) is 11.3 Å². The zero-order valence-corrected chi connectivity index (χ0v) is 9.82. The molecule has 1 unspecified atom stereocenters. The molecule has 0 saturated carbocycles. The molecule has 1 aliphatic rings. The molecule has 1 saturated heterocycles. The Morgan fingerprint density at radius 3 is 2.88 bits per heavy atom. The molecule has 0 bridgehead atoms. The van der Waals surface area contributed by atoms with E-state index in [1.807, 2.05) is 12.3 Å². The van der Waals surface area contributed by atoms with Crippen LogP contribution in [0, 0.1) is 0 Å². The first-order chi connectivity index (χ1) is 8.43. The van der Waals surface area contributed by atoms with Gasteiger partial charge >= 0.3 is 0 Å². The summed E-state index contributed by atoms with van der Waals surface area (Å²) in [5.41, 5.74) is 3.70. The lowest BCUT2D eigenvalue weighted by Gasteiger charge is -2.10.